The van der Waals surface area contributed by atoms with Gasteiger partial charge in [-0.2, -0.15) is 0 Å². The van der Waals surface area contributed by atoms with Crippen LogP contribution in [0.5, 0.6) is 0 Å². The molecule has 1 aromatic rings. The van der Waals surface area contributed by atoms with Gasteiger partial charge in [0.2, 0.25) is 0 Å². The number of imide groups is 1. The smallest absolute Gasteiger partial charge is 0.288 e. The van der Waals surface area contributed by atoms with E-state index in [-0.39, 0.29) is 32.2 Å². The van der Waals surface area contributed by atoms with Crippen LogP contribution in [0.4, 0.5) is 0 Å². The van der Waals surface area contributed by atoms with E-state index in [4.69, 9.17) is 0 Å². The molecule has 0 radical (unpaired) electrons. The Balaban J connectivity index is 0.000000720. The van der Waals surface area contributed by atoms with Gasteiger partial charge in [-0.1, -0.05) is 12.1 Å². The molecule has 4 heteroatoms. The summed E-state index contributed by atoms with van der Waals surface area (Å²) < 4.78 is 0. The summed E-state index contributed by atoms with van der Waals surface area (Å²) in [6.07, 6.45) is 0. The molecule has 0 aromatic heterocycles. The molecule has 0 saturated carbocycles. The van der Waals surface area contributed by atoms with Crippen LogP contribution in [0.1, 0.15) is 20.7 Å². The molecule has 3 nitrogen and oxygen atoms in total. The van der Waals surface area contributed by atoms with Gasteiger partial charge in [-0.05, 0) is 12.1 Å². The summed E-state index contributed by atoms with van der Waals surface area (Å²) in [5.74, 6) is -0.601. The van der Waals surface area contributed by atoms with E-state index in [2.05, 4.69) is 5.32 Å². The number of rotatable bonds is 0. The molecule has 0 fully saturated rings. The third kappa shape index (κ3) is 1.20. The summed E-state index contributed by atoms with van der Waals surface area (Å²) in [6, 6.07) is 6.74. The number of hydrogen-bond acceptors (Lipinski definition) is 2. The van der Waals surface area contributed by atoms with Gasteiger partial charge in [0.25, 0.3) is 11.8 Å². The largest absolute Gasteiger partial charge is 2.00 e. The van der Waals surface area contributed by atoms with Crippen LogP contribution in [0.2, 0.25) is 0 Å². The maximum absolute atomic E-state index is 10.9. The van der Waals surface area contributed by atoms with E-state index >= 15 is 0 Å². The second-order valence-electron chi connectivity index (χ2n) is 2.33. The normalized spacial score (nSPS) is 13.3. The zero-order valence-electron chi connectivity index (χ0n) is 5.94. The standard InChI is InChI=1S/C8H5NO2.Pd/c10-7-5-3-1-2-4-6(5)8(11)9-7;/h1-4H,(H,9,10,11);/q;+2. The first-order chi connectivity index (χ1) is 5.29. The van der Waals surface area contributed by atoms with Gasteiger partial charge in [0, 0.05) is 0 Å². The summed E-state index contributed by atoms with van der Waals surface area (Å²) in [4.78, 5) is 21.9. The van der Waals surface area contributed by atoms with Crippen molar-refractivity contribution in [2.45, 2.75) is 0 Å². The van der Waals surface area contributed by atoms with Crippen LogP contribution >= 0.6 is 0 Å². The van der Waals surface area contributed by atoms with Crippen LogP contribution in [-0.4, -0.2) is 11.8 Å². The number of hydrogen-bond donors (Lipinski definition) is 1. The molecule has 1 aliphatic rings. The van der Waals surface area contributed by atoms with E-state index in [0.29, 0.717) is 11.1 Å². The summed E-state index contributed by atoms with van der Waals surface area (Å²) in [6.45, 7) is 0. The average molecular weight is 254 g/mol. The zero-order valence-corrected chi connectivity index (χ0v) is 7.50. The fourth-order valence-electron chi connectivity index (χ4n) is 1.12. The minimum atomic E-state index is -0.300. The maximum atomic E-state index is 10.9. The number of benzene rings is 1. The minimum absolute atomic E-state index is 0. The molecule has 0 unspecified atom stereocenters. The maximum Gasteiger partial charge on any atom is 2.00 e. The Kier molecular flexibility index (Phi) is 2.41. The summed E-state index contributed by atoms with van der Waals surface area (Å²) in [5, 5.41) is 2.20. The molecular formula is C8H5NO2Pd+2. The van der Waals surface area contributed by atoms with Crippen LogP contribution in [-0.2, 0) is 20.4 Å². The quantitative estimate of drug-likeness (QED) is 0.543. The van der Waals surface area contributed by atoms with Gasteiger partial charge >= 0.3 is 20.4 Å². The first-order valence-electron chi connectivity index (χ1n) is 3.24. The molecule has 1 heterocycles. The van der Waals surface area contributed by atoms with E-state index in [0.717, 1.165) is 0 Å². The number of carbonyl (C=O) groups is 2. The fourth-order valence-corrected chi connectivity index (χ4v) is 1.12. The minimum Gasteiger partial charge on any atom is -0.288 e. The predicted octanol–water partition coefficient (Wildman–Crippen LogP) is 0.568. The van der Waals surface area contributed by atoms with Crippen molar-refractivity contribution in [2.24, 2.45) is 0 Å². The number of fused-ring (bicyclic) bond motifs is 1. The Morgan fingerprint density at radius 3 is 1.75 bits per heavy atom. The molecule has 12 heavy (non-hydrogen) atoms. The molecule has 1 aliphatic heterocycles. The fraction of sp³-hybridized carbons (Fsp3) is 0. The second-order valence-corrected chi connectivity index (χ2v) is 2.33. The SMILES string of the molecule is O=C1NC(=O)c2ccccc21.[Pd+2]. The van der Waals surface area contributed by atoms with Gasteiger partial charge in [0.05, 0.1) is 11.1 Å². The molecule has 62 valence electrons. The molecule has 2 amide bonds. The van der Waals surface area contributed by atoms with Gasteiger partial charge in [-0.15, -0.1) is 0 Å². The molecule has 0 aliphatic carbocycles. The second kappa shape index (κ2) is 3.18. The predicted molar refractivity (Wildman–Crippen MR) is 38.2 cm³/mol. The molecular weight excluding hydrogens is 249 g/mol. The van der Waals surface area contributed by atoms with Crippen LogP contribution in [0.25, 0.3) is 0 Å². The van der Waals surface area contributed by atoms with Crippen molar-refractivity contribution >= 4 is 11.8 Å². The Hall–Kier alpha value is -0.978. The molecule has 1 N–H and O–H groups in total. The number of carbonyl (C=O) groups excluding carboxylic acids is 2. The third-order valence-corrected chi connectivity index (χ3v) is 1.64. The van der Waals surface area contributed by atoms with Gasteiger partial charge in [-0.25, -0.2) is 0 Å². The Morgan fingerprint density at radius 2 is 1.33 bits per heavy atom. The summed E-state index contributed by atoms with van der Waals surface area (Å²) >= 11 is 0. The topological polar surface area (TPSA) is 46.2 Å². The molecule has 0 spiro atoms. The Labute approximate surface area is 82.8 Å². The molecule has 0 atom stereocenters. The van der Waals surface area contributed by atoms with E-state index in [9.17, 15) is 9.59 Å². The molecule has 0 saturated heterocycles. The van der Waals surface area contributed by atoms with Crippen molar-refractivity contribution in [3.05, 3.63) is 35.4 Å². The van der Waals surface area contributed by atoms with Gasteiger partial charge in [0.1, 0.15) is 0 Å². The molecule has 2 rings (SSSR count). The average Bonchev–Trinajstić information content (AvgIpc) is 2.30. The molecule has 0 bridgehead atoms. The summed E-state index contributed by atoms with van der Waals surface area (Å²) in [7, 11) is 0. The van der Waals surface area contributed by atoms with Crippen molar-refractivity contribution in [2.75, 3.05) is 0 Å². The number of nitrogens with one attached hydrogen (secondary N) is 1. The Morgan fingerprint density at radius 1 is 0.917 bits per heavy atom. The first-order valence-corrected chi connectivity index (χ1v) is 3.24. The van der Waals surface area contributed by atoms with E-state index in [1.807, 2.05) is 0 Å². The van der Waals surface area contributed by atoms with Crippen molar-refractivity contribution in [3.8, 4) is 0 Å². The third-order valence-electron chi connectivity index (χ3n) is 1.64. The van der Waals surface area contributed by atoms with Crippen LogP contribution in [0.15, 0.2) is 24.3 Å². The van der Waals surface area contributed by atoms with Crippen molar-refractivity contribution in [1.29, 1.82) is 0 Å². The van der Waals surface area contributed by atoms with Gasteiger partial charge < -0.3 is 0 Å². The van der Waals surface area contributed by atoms with Crippen LogP contribution in [0, 0.1) is 0 Å². The van der Waals surface area contributed by atoms with Crippen molar-refractivity contribution in [3.63, 3.8) is 0 Å². The van der Waals surface area contributed by atoms with Gasteiger partial charge in [-0.3, -0.25) is 14.9 Å². The van der Waals surface area contributed by atoms with Crippen molar-refractivity contribution in [1.82, 2.24) is 5.32 Å². The Bertz CT molecular complexity index is 316. The van der Waals surface area contributed by atoms with E-state index < -0.39 is 0 Å². The van der Waals surface area contributed by atoms with Crippen LogP contribution in [0.3, 0.4) is 0 Å². The number of amides is 2. The monoisotopic (exact) mass is 253 g/mol. The zero-order chi connectivity index (χ0) is 7.84. The van der Waals surface area contributed by atoms with Crippen LogP contribution < -0.4 is 5.32 Å². The van der Waals surface area contributed by atoms with Gasteiger partial charge in [0.15, 0.2) is 0 Å². The summed E-state index contributed by atoms with van der Waals surface area (Å²) in [5.41, 5.74) is 0.940. The van der Waals surface area contributed by atoms with E-state index in [1.165, 1.54) is 0 Å². The molecule has 1 aromatic carbocycles. The van der Waals surface area contributed by atoms with Crippen molar-refractivity contribution < 1.29 is 30.0 Å². The van der Waals surface area contributed by atoms with E-state index in [1.54, 1.807) is 24.3 Å². The first kappa shape index (κ1) is 9.11.